The SMILES string of the molecule is C[C@@H](O)[C@H]1C(=O)N2C(C(=O)O)=C(S[C@H]3CC(C=O)N(NCc4ccco4)C3)[C@H](C)[C@H]12. The molecule has 1 aromatic heterocycles. The number of carboxylic acids is 1. The summed E-state index contributed by atoms with van der Waals surface area (Å²) in [6, 6.07) is 2.98. The van der Waals surface area contributed by atoms with E-state index in [9.17, 15) is 24.6 Å². The Morgan fingerprint density at radius 3 is 2.87 bits per heavy atom. The molecule has 4 heterocycles. The van der Waals surface area contributed by atoms with Crippen LogP contribution in [0.5, 0.6) is 0 Å². The van der Waals surface area contributed by atoms with Crippen LogP contribution in [0.25, 0.3) is 0 Å². The Hall–Kier alpha value is -2.14. The molecular weight excluding hydrogens is 410 g/mol. The fourth-order valence-electron chi connectivity index (χ4n) is 4.67. The van der Waals surface area contributed by atoms with E-state index in [-0.39, 0.29) is 34.9 Å². The Morgan fingerprint density at radius 1 is 1.50 bits per heavy atom. The minimum atomic E-state index is -1.14. The molecule has 0 spiro atoms. The molecule has 6 atom stereocenters. The lowest BCUT2D eigenvalue weighted by atomic mass is 9.79. The number of aliphatic hydroxyl groups is 1. The van der Waals surface area contributed by atoms with Crippen LogP contribution in [0.15, 0.2) is 33.4 Å². The summed E-state index contributed by atoms with van der Waals surface area (Å²) in [6.45, 7) is 4.47. The van der Waals surface area contributed by atoms with E-state index in [0.29, 0.717) is 24.4 Å². The maximum Gasteiger partial charge on any atom is 0.353 e. The predicted octanol–water partition coefficient (Wildman–Crippen LogP) is 0.813. The Kier molecular flexibility index (Phi) is 5.75. The van der Waals surface area contributed by atoms with Crippen LogP contribution in [0.2, 0.25) is 0 Å². The number of carbonyl (C=O) groups excluding carboxylic acids is 2. The third-order valence-electron chi connectivity index (χ3n) is 6.10. The lowest BCUT2D eigenvalue weighted by molar-refractivity contribution is -0.163. The van der Waals surface area contributed by atoms with Gasteiger partial charge >= 0.3 is 5.97 Å². The van der Waals surface area contributed by atoms with E-state index in [0.717, 1.165) is 12.0 Å². The van der Waals surface area contributed by atoms with Crippen LogP contribution in [0.3, 0.4) is 0 Å². The second-order valence-corrected chi connectivity index (χ2v) is 9.36. The monoisotopic (exact) mass is 435 g/mol. The number of hydrazine groups is 1. The van der Waals surface area contributed by atoms with Crippen LogP contribution < -0.4 is 5.43 Å². The van der Waals surface area contributed by atoms with Crippen molar-refractivity contribution in [1.82, 2.24) is 15.3 Å². The molecule has 0 saturated carbocycles. The first-order chi connectivity index (χ1) is 14.3. The highest BCUT2D eigenvalue weighted by atomic mass is 32.2. The first kappa shape index (κ1) is 21.1. The van der Waals surface area contributed by atoms with Crippen molar-refractivity contribution in [2.75, 3.05) is 6.54 Å². The number of amides is 1. The number of nitrogens with zero attached hydrogens (tertiary/aromatic N) is 2. The highest BCUT2D eigenvalue weighted by Gasteiger charge is 2.60. The summed E-state index contributed by atoms with van der Waals surface area (Å²) in [5.41, 5.74) is 3.23. The van der Waals surface area contributed by atoms with E-state index in [2.05, 4.69) is 5.43 Å². The van der Waals surface area contributed by atoms with Crippen molar-refractivity contribution in [3.63, 3.8) is 0 Å². The van der Waals surface area contributed by atoms with Crippen LogP contribution in [-0.2, 0) is 20.9 Å². The maximum atomic E-state index is 12.5. The molecule has 1 amide bonds. The zero-order valence-corrected chi connectivity index (χ0v) is 17.5. The van der Waals surface area contributed by atoms with Gasteiger partial charge in [0.25, 0.3) is 0 Å². The Labute approximate surface area is 178 Å². The topological polar surface area (TPSA) is 123 Å². The molecule has 30 heavy (non-hydrogen) atoms. The van der Waals surface area contributed by atoms with Gasteiger partial charge in [0.1, 0.15) is 17.7 Å². The van der Waals surface area contributed by atoms with Crippen molar-refractivity contribution >= 4 is 29.9 Å². The summed E-state index contributed by atoms with van der Waals surface area (Å²) >= 11 is 1.43. The van der Waals surface area contributed by atoms with Crippen molar-refractivity contribution in [2.45, 2.75) is 50.3 Å². The molecule has 1 unspecified atom stereocenters. The number of hydrogen-bond donors (Lipinski definition) is 3. The quantitative estimate of drug-likeness (QED) is 0.402. The number of thioether (sulfide) groups is 1. The van der Waals surface area contributed by atoms with Crippen LogP contribution in [0.1, 0.15) is 26.0 Å². The lowest BCUT2D eigenvalue weighted by Crippen LogP contribution is -2.63. The fourth-order valence-corrected chi connectivity index (χ4v) is 6.21. The Morgan fingerprint density at radius 2 is 2.27 bits per heavy atom. The number of β-lactam (4-membered cyclic amide) rings is 1. The molecule has 0 aromatic carbocycles. The molecule has 9 nitrogen and oxygen atoms in total. The van der Waals surface area contributed by atoms with Crippen molar-refractivity contribution in [2.24, 2.45) is 11.8 Å². The molecule has 1 aromatic rings. The number of carboxylic acid groups (broad SMARTS) is 1. The van der Waals surface area contributed by atoms with Gasteiger partial charge in [0.15, 0.2) is 0 Å². The maximum absolute atomic E-state index is 12.5. The van der Waals surface area contributed by atoms with Gasteiger partial charge in [0.05, 0.1) is 36.9 Å². The molecule has 0 aliphatic carbocycles. The lowest BCUT2D eigenvalue weighted by Gasteiger charge is -2.46. The summed E-state index contributed by atoms with van der Waals surface area (Å²) in [7, 11) is 0. The molecule has 3 N–H and O–H groups in total. The number of aliphatic hydroxyl groups excluding tert-OH is 1. The molecule has 162 valence electrons. The summed E-state index contributed by atoms with van der Waals surface area (Å²) in [5.74, 6) is -1.48. The minimum absolute atomic E-state index is 0.00472. The molecule has 3 aliphatic heterocycles. The molecule has 3 aliphatic rings. The third-order valence-corrected chi connectivity index (χ3v) is 7.60. The molecule has 2 saturated heterocycles. The molecule has 0 bridgehead atoms. The smallest absolute Gasteiger partial charge is 0.353 e. The van der Waals surface area contributed by atoms with Crippen molar-refractivity contribution in [3.05, 3.63) is 34.8 Å². The first-order valence-electron chi connectivity index (χ1n) is 9.96. The average Bonchev–Trinajstić information content (AvgIpc) is 3.39. The van der Waals surface area contributed by atoms with E-state index in [1.165, 1.54) is 16.7 Å². The number of aliphatic carboxylic acids is 1. The first-order valence-corrected chi connectivity index (χ1v) is 10.8. The van der Waals surface area contributed by atoms with Crippen molar-refractivity contribution in [1.29, 1.82) is 0 Å². The van der Waals surface area contributed by atoms with Gasteiger partial charge in [-0.2, -0.15) is 0 Å². The van der Waals surface area contributed by atoms with Gasteiger partial charge in [-0.25, -0.2) is 15.2 Å². The second kappa shape index (κ2) is 8.18. The van der Waals surface area contributed by atoms with E-state index in [4.69, 9.17) is 4.42 Å². The molecular formula is C20H25N3O6S. The van der Waals surface area contributed by atoms with E-state index in [1.807, 2.05) is 18.0 Å². The number of aldehydes is 1. The molecule has 2 fully saturated rings. The predicted molar refractivity (Wildman–Crippen MR) is 108 cm³/mol. The van der Waals surface area contributed by atoms with Gasteiger partial charge in [0.2, 0.25) is 5.91 Å². The number of rotatable bonds is 8. The molecule has 10 heteroatoms. The summed E-state index contributed by atoms with van der Waals surface area (Å²) < 4.78 is 5.31. The standard InChI is InChI=1S/C20H25N3O6S/c1-10-16-15(11(2)25)19(26)23(16)17(20(27)28)18(10)30-14-6-12(9-24)22(8-14)21-7-13-4-3-5-29-13/h3-5,9-12,14-16,21,25H,6-8H2,1-2H3,(H,27,28)/t10-,11-,12?,14+,15-,16-/m1/s1. The van der Waals surface area contributed by atoms with Gasteiger partial charge in [-0.15, -0.1) is 11.8 Å². The van der Waals surface area contributed by atoms with Gasteiger partial charge in [-0.05, 0) is 25.5 Å². The number of hydrogen-bond acceptors (Lipinski definition) is 8. The van der Waals surface area contributed by atoms with Gasteiger partial charge < -0.3 is 24.3 Å². The van der Waals surface area contributed by atoms with Crippen LogP contribution >= 0.6 is 11.8 Å². The zero-order valence-electron chi connectivity index (χ0n) is 16.7. The van der Waals surface area contributed by atoms with E-state index in [1.54, 1.807) is 19.3 Å². The zero-order chi connectivity index (χ0) is 21.6. The largest absolute Gasteiger partial charge is 0.477 e. The van der Waals surface area contributed by atoms with Crippen LogP contribution in [-0.4, -0.2) is 68.3 Å². The number of furan rings is 1. The number of nitrogens with one attached hydrogen (secondary N) is 1. The van der Waals surface area contributed by atoms with E-state index >= 15 is 0 Å². The summed E-state index contributed by atoms with van der Waals surface area (Å²) in [6.07, 6.45) is 2.22. The summed E-state index contributed by atoms with van der Waals surface area (Å²) in [4.78, 5) is 37.9. The van der Waals surface area contributed by atoms with Crippen molar-refractivity contribution in [3.8, 4) is 0 Å². The molecule has 4 rings (SSSR count). The second-order valence-electron chi connectivity index (χ2n) is 8.02. The van der Waals surface area contributed by atoms with Crippen LogP contribution in [0.4, 0.5) is 0 Å². The fraction of sp³-hybridized carbons (Fsp3) is 0.550. The molecule has 0 radical (unpaired) electrons. The van der Waals surface area contributed by atoms with Crippen LogP contribution in [0, 0.1) is 11.8 Å². The summed E-state index contributed by atoms with van der Waals surface area (Å²) in [5, 5.41) is 21.6. The van der Waals surface area contributed by atoms with Gasteiger partial charge in [-0.1, -0.05) is 6.92 Å². The Balaban J connectivity index is 1.48. The average molecular weight is 436 g/mol. The van der Waals surface area contributed by atoms with E-state index < -0.39 is 18.0 Å². The van der Waals surface area contributed by atoms with Gasteiger partial charge in [-0.3, -0.25) is 4.79 Å². The number of carbonyl (C=O) groups is 3. The van der Waals surface area contributed by atoms with Crippen molar-refractivity contribution < 1.29 is 29.0 Å². The van der Waals surface area contributed by atoms with Gasteiger partial charge in [0, 0.05) is 22.6 Å². The normalized spacial score (nSPS) is 32.3. The highest BCUT2D eigenvalue weighted by Crippen LogP contribution is 2.52. The highest BCUT2D eigenvalue weighted by molar-refractivity contribution is 8.03. The minimum Gasteiger partial charge on any atom is -0.477 e. The third kappa shape index (κ3) is 3.47. The number of fused-ring (bicyclic) bond motifs is 1. The Bertz CT molecular complexity index is 870.